The third-order valence-electron chi connectivity index (χ3n) is 2.01. The fourth-order valence-corrected chi connectivity index (χ4v) is 1.99. The highest BCUT2D eigenvalue weighted by atomic mass is 32.2. The van der Waals surface area contributed by atoms with Crippen LogP contribution < -0.4 is 10.5 Å². The van der Waals surface area contributed by atoms with Gasteiger partial charge in [-0.2, -0.15) is 11.8 Å². The molecule has 0 spiro atoms. The number of halogens is 1. The van der Waals surface area contributed by atoms with Crippen molar-refractivity contribution in [2.24, 2.45) is 5.73 Å². The van der Waals surface area contributed by atoms with Crippen LogP contribution in [0.5, 0.6) is 5.75 Å². The minimum Gasteiger partial charge on any atom is -0.494 e. The fraction of sp³-hybridized carbons (Fsp3) is 0.455. The zero-order valence-electron chi connectivity index (χ0n) is 8.83. The minimum atomic E-state index is -0.293. The normalized spacial score (nSPS) is 10.3. The second-order valence-electron chi connectivity index (χ2n) is 3.12. The van der Waals surface area contributed by atoms with Gasteiger partial charge in [-0.25, -0.2) is 4.39 Å². The summed E-state index contributed by atoms with van der Waals surface area (Å²) in [5, 5.41) is 0. The number of nitrogens with two attached hydrogens (primary N) is 1. The molecule has 0 saturated carbocycles. The van der Waals surface area contributed by atoms with Crippen molar-refractivity contribution in [2.45, 2.75) is 6.42 Å². The molecule has 2 nitrogen and oxygen atoms in total. The monoisotopic (exact) mass is 229 g/mol. The second kappa shape index (κ2) is 6.69. The lowest BCUT2D eigenvalue weighted by atomic mass is 10.1. The van der Waals surface area contributed by atoms with Gasteiger partial charge in [0.15, 0.2) is 11.6 Å². The predicted molar refractivity (Wildman–Crippen MR) is 63.0 cm³/mol. The molecule has 1 aromatic rings. The van der Waals surface area contributed by atoms with E-state index in [0.29, 0.717) is 12.3 Å². The Kier molecular flexibility index (Phi) is 5.50. The first-order valence-corrected chi connectivity index (χ1v) is 6.03. The lowest BCUT2D eigenvalue weighted by Gasteiger charge is -2.04. The lowest BCUT2D eigenvalue weighted by Crippen LogP contribution is -2.02. The number of benzene rings is 1. The Morgan fingerprint density at radius 2 is 2.20 bits per heavy atom. The summed E-state index contributed by atoms with van der Waals surface area (Å²) in [5.41, 5.74) is 6.37. The Hall–Kier alpha value is -0.740. The molecule has 0 aromatic heterocycles. The van der Waals surface area contributed by atoms with Crippen molar-refractivity contribution in [1.29, 1.82) is 0 Å². The third kappa shape index (κ3) is 4.10. The van der Waals surface area contributed by atoms with Crippen molar-refractivity contribution < 1.29 is 9.13 Å². The molecule has 0 saturated heterocycles. The summed E-state index contributed by atoms with van der Waals surface area (Å²) in [4.78, 5) is 0. The van der Waals surface area contributed by atoms with Crippen LogP contribution in [0.25, 0.3) is 0 Å². The van der Waals surface area contributed by atoms with E-state index in [0.717, 1.165) is 23.5 Å². The second-order valence-corrected chi connectivity index (χ2v) is 4.34. The van der Waals surface area contributed by atoms with Gasteiger partial charge in [0.1, 0.15) is 0 Å². The molecule has 0 fully saturated rings. The lowest BCUT2D eigenvalue weighted by molar-refractivity contribution is 0.386. The van der Waals surface area contributed by atoms with Crippen molar-refractivity contribution in [3.05, 3.63) is 29.6 Å². The summed E-state index contributed by atoms with van der Waals surface area (Å²) in [6.07, 6.45) is 0.867. The Labute approximate surface area is 94.0 Å². The molecule has 0 unspecified atom stereocenters. The average Bonchev–Trinajstić information content (AvgIpc) is 2.25. The fourth-order valence-electron chi connectivity index (χ4n) is 1.24. The van der Waals surface area contributed by atoms with Gasteiger partial charge in [0.2, 0.25) is 0 Å². The Morgan fingerprint density at radius 3 is 2.80 bits per heavy atom. The van der Waals surface area contributed by atoms with Crippen LogP contribution in [0.2, 0.25) is 0 Å². The molecule has 1 rings (SSSR count). The minimum absolute atomic E-state index is 0.293. The number of aryl methyl sites for hydroxylation is 1. The van der Waals surface area contributed by atoms with E-state index in [-0.39, 0.29) is 5.82 Å². The van der Waals surface area contributed by atoms with Gasteiger partial charge in [0, 0.05) is 12.3 Å². The molecule has 0 radical (unpaired) electrons. The van der Waals surface area contributed by atoms with E-state index in [1.165, 1.54) is 13.2 Å². The van der Waals surface area contributed by atoms with E-state index >= 15 is 0 Å². The first-order valence-electron chi connectivity index (χ1n) is 4.88. The maximum atomic E-state index is 13.3. The summed E-state index contributed by atoms with van der Waals surface area (Å²) in [6.45, 7) is 0.696. The number of methoxy groups -OCH3 is 1. The van der Waals surface area contributed by atoms with E-state index in [2.05, 4.69) is 0 Å². The Morgan fingerprint density at radius 1 is 1.40 bits per heavy atom. The number of hydrogen-bond donors (Lipinski definition) is 1. The van der Waals surface area contributed by atoms with Gasteiger partial charge < -0.3 is 10.5 Å². The Bertz CT molecular complexity index is 307. The van der Waals surface area contributed by atoms with Gasteiger partial charge in [-0.3, -0.25) is 0 Å². The number of thioether (sulfide) groups is 1. The van der Waals surface area contributed by atoms with Crippen LogP contribution in [0.15, 0.2) is 18.2 Å². The van der Waals surface area contributed by atoms with E-state index in [1.807, 2.05) is 6.07 Å². The molecule has 2 N–H and O–H groups in total. The molecule has 0 aliphatic heterocycles. The highest BCUT2D eigenvalue weighted by molar-refractivity contribution is 7.99. The summed E-state index contributed by atoms with van der Waals surface area (Å²) in [7, 11) is 1.47. The first-order chi connectivity index (χ1) is 7.27. The molecule has 15 heavy (non-hydrogen) atoms. The van der Waals surface area contributed by atoms with Crippen molar-refractivity contribution >= 4 is 11.8 Å². The maximum Gasteiger partial charge on any atom is 0.165 e. The largest absolute Gasteiger partial charge is 0.494 e. The van der Waals surface area contributed by atoms with Gasteiger partial charge in [0.25, 0.3) is 0 Å². The number of hydrogen-bond acceptors (Lipinski definition) is 3. The van der Waals surface area contributed by atoms with Crippen molar-refractivity contribution in [1.82, 2.24) is 0 Å². The van der Waals surface area contributed by atoms with Crippen LogP contribution in [0.3, 0.4) is 0 Å². The molecule has 0 aliphatic rings. The standard InChI is InChI=1S/C11H16FNOS/c1-14-11-3-2-9(8-10(11)12)4-6-15-7-5-13/h2-3,8H,4-7,13H2,1H3. The predicted octanol–water partition coefficient (Wildman–Crippen LogP) is 2.07. The SMILES string of the molecule is COc1ccc(CCSCCN)cc1F. The van der Waals surface area contributed by atoms with Crippen LogP contribution in [0, 0.1) is 5.82 Å². The molecular weight excluding hydrogens is 213 g/mol. The maximum absolute atomic E-state index is 13.3. The molecule has 84 valence electrons. The van der Waals surface area contributed by atoms with Gasteiger partial charge in [-0.1, -0.05) is 6.07 Å². The van der Waals surface area contributed by atoms with Gasteiger partial charge >= 0.3 is 0 Å². The summed E-state index contributed by atoms with van der Waals surface area (Å²) < 4.78 is 18.1. The van der Waals surface area contributed by atoms with Crippen molar-refractivity contribution in [2.75, 3.05) is 25.2 Å². The molecular formula is C11H16FNOS. The first kappa shape index (κ1) is 12.3. The quantitative estimate of drug-likeness (QED) is 0.758. The van der Waals surface area contributed by atoms with Gasteiger partial charge in [0.05, 0.1) is 7.11 Å². The van der Waals surface area contributed by atoms with Crippen LogP contribution in [-0.4, -0.2) is 25.2 Å². The third-order valence-corrected chi connectivity index (χ3v) is 3.03. The topological polar surface area (TPSA) is 35.2 Å². The zero-order valence-corrected chi connectivity index (χ0v) is 9.65. The molecule has 0 bridgehead atoms. The summed E-state index contributed by atoms with van der Waals surface area (Å²) in [6, 6.07) is 5.09. The molecule has 0 aliphatic carbocycles. The smallest absolute Gasteiger partial charge is 0.165 e. The molecule has 1 aromatic carbocycles. The highest BCUT2D eigenvalue weighted by Crippen LogP contribution is 2.18. The average molecular weight is 229 g/mol. The van der Waals surface area contributed by atoms with E-state index in [4.69, 9.17) is 10.5 Å². The molecule has 4 heteroatoms. The number of ether oxygens (including phenoxy) is 1. The van der Waals surface area contributed by atoms with Gasteiger partial charge in [-0.15, -0.1) is 0 Å². The number of rotatable bonds is 6. The molecule has 0 amide bonds. The van der Waals surface area contributed by atoms with E-state index in [9.17, 15) is 4.39 Å². The highest BCUT2D eigenvalue weighted by Gasteiger charge is 2.02. The van der Waals surface area contributed by atoms with Crippen LogP contribution in [-0.2, 0) is 6.42 Å². The van der Waals surface area contributed by atoms with Crippen LogP contribution in [0.4, 0.5) is 4.39 Å². The van der Waals surface area contributed by atoms with Gasteiger partial charge in [-0.05, 0) is 29.9 Å². The van der Waals surface area contributed by atoms with E-state index < -0.39 is 0 Å². The van der Waals surface area contributed by atoms with Crippen LogP contribution in [0.1, 0.15) is 5.56 Å². The van der Waals surface area contributed by atoms with Crippen molar-refractivity contribution in [3.63, 3.8) is 0 Å². The Balaban J connectivity index is 2.45. The van der Waals surface area contributed by atoms with E-state index in [1.54, 1.807) is 17.8 Å². The summed E-state index contributed by atoms with van der Waals surface area (Å²) >= 11 is 1.79. The van der Waals surface area contributed by atoms with Crippen molar-refractivity contribution in [3.8, 4) is 5.75 Å². The molecule has 0 heterocycles. The molecule has 0 atom stereocenters. The summed E-state index contributed by atoms with van der Waals surface area (Å²) in [5.74, 6) is 1.94. The zero-order chi connectivity index (χ0) is 11.1. The van der Waals surface area contributed by atoms with Crippen LogP contribution >= 0.6 is 11.8 Å².